The van der Waals surface area contributed by atoms with E-state index in [2.05, 4.69) is 21.5 Å². The summed E-state index contributed by atoms with van der Waals surface area (Å²) in [4.78, 5) is 27.6. The number of hydrogen-bond acceptors (Lipinski definition) is 6. The minimum atomic E-state index is -0.569. The van der Waals surface area contributed by atoms with Gasteiger partial charge < -0.3 is 21.9 Å². The van der Waals surface area contributed by atoms with Crippen LogP contribution >= 0.6 is 23.4 Å². The Hall–Kier alpha value is -3.74. The fourth-order valence-corrected chi connectivity index (χ4v) is 3.84. The predicted molar refractivity (Wildman–Crippen MR) is 123 cm³/mol. The van der Waals surface area contributed by atoms with E-state index in [4.69, 9.17) is 23.2 Å². The van der Waals surface area contributed by atoms with Crippen LogP contribution in [-0.4, -0.2) is 22.5 Å². The number of thioether (sulfide) groups is 1. The third-order valence-electron chi connectivity index (χ3n) is 4.21. The summed E-state index contributed by atoms with van der Waals surface area (Å²) in [6.45, 7) is 0. The summed E-state index contributed by atoms with van der Waals surface area (Å²) in [5.74, 6) is 5.11. The van der Waals surface area contributed by atoms with Gasteiger partial charge >= 0.3 is 0 Å². The van der Waals surface area contributed by atoms with Crippen LogP contribution < -0.4 is 22.5 Å². The molecule has 0 spiro atoms. The first-order chi connectivity index (χ1) is 14.9. The van der Waals surface area contributed by atoms with Gasteiger partial charge in [0.15, 0.2) is 0 Å². The predicted octanol–water partition coefficient (Wildman–Crippen LogP) is 3.14. The van der Waals surface area contributed by atoms with Crippen LogP contribution in [0.4, 0.5) is 5.69 Å². The van der Waals surface area contributed by atoms with Crippen molar-refractivity contribution in [3.8, 4) is 17.2 Å². The first kappa shape index (κ1) is 22.0. The number of para-hydroxylation sites is 1. The molecule has 0 aliphatic rings. The van der Waals surface area contributed by atoms with Crippen molar-refractivity contribution in [3.63, 3.8) is 0 Å². The summed E-state index contributed by atoms with van der Waals surface area (Å²) in [7, 11) is 0. The second-order valence-corrected chi connectivity index (χ2v) is 7.63. The molecule has 0 aliphatic heterocycles. The van der Waals surface area contributed by atoms with E-state index in [0.29, 0.717) is 16.8 Å². The number of nitrogens with two attached hydrogens (primary N) is 2. The third kappa shape index (κ3) is 5.06. The molecule has 1 aromatic heterocycles. The number of nitrogens with zero attached hydrogens (tertiary/aromatic N) is 2. The average Bonchev–Trinajstić information content (AvgIpc) is 2.79. The van der Waals surface area contributed by atoms with Crippen molar-refractivity contribution in [2.75, 3.05) is 11.1 Å². The average molecular weight is 453 g/mol. The number of nitrogens with one attached hydrogen (secondary N) is 2. The van der Waals surface area contributed by atoms with Crippen LogP contribution in [0, 0.1) is 11.3 Å². The molecule has 0 saturated carbocycles. The van der Waals surface area contributed by atoms with Gasteiger partial charge in [0.1, 0.15) is 16.9 Å². The molecule has 6 N–H and O–H groups in total. The number of amides is 1. The highest BCUT2D eigenvalue weighted by Crippen LogP contribution is 2.34. The molecule has 0 aliphatic carbocycles. The molecule has 0 radical (unpaired) electrons. The molecule has 156 valence electrons. The summed E-state index contributed by atoms with van der Waals surface area (Å²) < 4.78 is 0. The lowest BCUT2D eigenvalue weighted by Gasteiger charge is -2.12. The van der Waals surface area contributed by atoms with Crippen LogP contribution in [0.5, 0.6) is 0 Å². The maximum absolute atomic E-state index is 12.7. The zero-order valence-corrected chi connectivity index (χ0v) is 17.6. The van der Waals surface area contributed by atoms with Crippen molar-refractivity contribution in [3.05, 3.63) is 81.1 Å². The Kier molecular flexibility index (Phi) is 6.97. The molecule has 3 aromatic rings. The van der Waals surface area contributed by atoms with E-state index in [-0.39, 0.29) is 38.7 Å². The van der Waals surface area contributed by atoms with Gasteiger partial charge in [-0.15, -0.1) is 0 Å². The van der Waals surface area contributed by atoms with Gasteiger partial charge in [0.05, 0.1) is 16.3 Å². The van der Waals surface area contributed by atoms with Crippen molar-refractivity contribution in [2.45, 2.75) is 5.03 Å². The zero-order chi connectivity index (χ0) is 22.4. The molecule has 1 heterocycles. The Morgan fingerprint density at radius 3 is 2.65 bits per heavy atom. The number of carbonyl (C=O) groups is 1. The number of H-pyrrole nitrogens is 1. The van der Waals surface area contributed by atoms with Crippen molar-refractivity contribution >= 4 is 40.8 Å². The topological polar surface area (TPSA) is 150 Å². The second kappa shape index (κ2) is 9.84. The molecule has 0 unspecified atom stereocenters. The number of aromatic amines is 1. The molecule has 8 nitrogen and oxygen atoms in total. The lowest BCUT2D eigenvalue weighted by Crippen LogP contribution is -2.18. The van der Waals surface area contributed by atoms with Crippen LogP contribution in [0.15, 0.2) is 69.5 Å². The Morgan fingerprint density at radius 1 is 1.23 bits per heavy atom. The number of aromatic nitrogens is 1. The van der Waals surface area contributed by atoms with E-state index in [0.717, 1.165) is 11.8 Å². The monoisotopic (exact) mass is 452 g/mol. The first-order valence-electron chi connectivity index (χ1n) is 8.92. The van der Waals surface area contributed by atoms with Crippen LogP contribution in [0.3, 0.4) is 0 Å². The molecule has 1 amide bonds. The molecular weight excluding hydrogens is 436 g/mol. The lowest BCUT2D eigenvalue weighted by atomic mass is 10.00. The van der Waals surface area contributed by atoms with Gasteiger partial charge in [-0.05, 0) is 29.8 Å². The number of pyridine rings is 1. The van der Waals surface area contributed by atoms with E-state index in [1.165, 1.54) is 0 Å². The highest BCUT2D eigenvalue weighted by Gasteiger charge is 2.20. The van der Waals surface area contributed by atoms with Gasteiger partial charge in [0.2, 0.25) is 0 Å². The van der Waals surface area contributed by atoms with Gasteiger partial charge in [-0.25, -0.2) is 0 Å². The third-order valence-corrected chi connectivity index (χ3v) is 5.61. The van der Waals surface area contributed by atoms with Gasteiger partial charge in [-0.1, -0.05) is 53.7 Å². The van der Waals surface area contributed by atoms with Gasteiger partial charge in [0.25, 0.3) is 11.5 Å². The summed E-state index contributed by atoms with van der Waals surface area (Å²) in [5.41, 5.74) is 6.86. The highest BCUT2D eigenvalue weighted by molar-refractivity contribution is 8.00. The number of anilines is 1. The maximum atomic E-state index is 12.7. The number of rotatable bonds is 6. The van der Waals surface area contributed by atoms with Crippen molar-refractivity contribution in [1.82, 2.24) is 4.98 Å². The van der Waals surface area contributed by atoms with E-state index >= 15 is 0 Å². The Balaban J connectivity index is 2.03. The Bertz CT molecular complexity index is 1250. The van der Waals surface area contributed by atoms with Crippen LogP contribution in [-0.2, 0) is 0 Å². The van der Waals surface area contributed by atoms with E-state index < -0.39 is 5.56 Å². The molecule has 0 atom stereocenters. The van der Waals surface area contributed by atoms with Gasteiger partial charge in [0, 0.05) is 16.8 Å². The lowest BCUT2D eigenvalue weighted by molar-refractivity contribution is 0.102. The summed E-state index contributed by atoms with van der Waals surface area (Å²) in [6, 6.07) is 17.6. The molecule has 31 heavy (non-hydrogen) atoms. The first-order valence-corrected chi connectivity index (χ1v) is 10.3. The molecule has 10 heteroatoms. The highest BCUT2D eigenvalue weighted by atomic mass is 35.5. The number of halogens is 1. The Labute approximate surface area is 186 Å². The fourth-order valence-electron chi connectivity index (χ4n) is 2.77. The van der Waals surface area contributed by atoms with Crippen LogP contribution in [0.25, 0.3) is 11.1 Å². The number of benzene rings is 2. The van der Waals surface area contributed by atoms with E-state index in [9.17, 15) is 14.9 Å². The number of carbonyl (C=O) groups excluding carboxylic acids is 1. The molecule has 0 fully saturated rings. The summed E-state index contributed by atoms with van der Waals surface area (Å²) in [6.07, 6.45) is 0. The SMILES string of the molecule is N#Cc1c(SC/C(N)=N/N)[nH]c(=O)c(Cl)c1-c1cccc(C(=O)Nc2ccccc2)c1. The van der Waals surface area contributed by atoms with Crippen LogP contribution in [0.2, 0.25) is 5.02 Å². The molecule has 2 aromatic carbocycles. The molecule has 0 saturated heterocycles. The maximum Gasteiger partial charge on any atom is 0.268 e. The number of hydrogen-bond donors (Lipinski definition) is 4. The molecule has 0 bridgehead atoms. The van der Waals surface area contributed by atoms with Crippen molar-refractivity contribution in [2.24, 2.45) is 16.7 Å². The van der Waals surface area contributed by atoms with Gasteiger partial charge in [-0.3, -0.25) is 9.59 Å². The van der Waals surface area contributed by atoms with E-state index in [1.54, 1.807) is 36.4 Å². The number of nitriles is 1. The van der Waals surface area contributed by atoms with E-state index in [1.807, 2.05) is 18.2 Å². The van der Waals surface area contributed by atoms with Crippen molar-refractivity contribution in [1.29, 1.82) is 5.26 Å². The number of amidine groups is 1. The quantitative estimate of drug-likeness (QED) is 0.148. The normalized spacial score (nSPS) is 11.0. The number of hydrazone groups is 1. The fraction of sp³-hybridized carbons (Fsp3) is 0.0476. The van der Waals surface area contributed by atoms with Crippen molar-refractivity contribution < 1.29 is 4.79 Å². The summed E-state index contributed by atoms with van der Waals surface area (Å²) in [5, 5.41) is 16.1. The zero-order valence-electron chi connectivity index (χ0n) is 16.1. The van der Waals surface area contributed by atoms with Crippen LogP contribution in [0.1, 0.15) is 15.9 Å². The largest absolute Gasteiger partial charge is 0.385 e. The second-order valence-electron chi connectivity index (χ2n) is 6.27. The molecule has 3 rings (SSSR count). The Morgan fingerprint density at radius 2 is 1.97 bits per heavy atom. The summed E-state index contributed by atoms with van der Waals surface area (Å²) >= 11 is 7.36. The standard InChI is InChI=1S/C21H17ClN6O2S/c22-18-17(15(10-23)21(27-20(18)30)31-11-16(24)28-25)12-5-4-6-13(9-12)19(29)26-14-7-2-1-3-8-14/h1-9H,11,25H2,(H2,24,28)(H,26,29)(H,27,30). The van der Waals surface area contributed by atoms with Gasteiger partial charge in [-0.2, -0.15) is 10.4 Å². The minimum Gasteiger partial charge on any atom is -0.385 e. The smallest absolute Gasteiger partial charge is 0.268 e. The molecular formula is C21H17ClN6O2S. The minimum absolute atomic E-state index is 0.144.